The summed E-state index contributed by atoms with van der Waals surface area (Å²) in [5, 5.41) is 6.70. The molecule has 2 aromatic carbocycles. The second kappa shape index (κ2) is 10.7. The van der Waals surface area contributed by atoms with Crippen molar-refractivity contribution in [1.29, 1.82) is 0 Å². The van der Waals surface area contributed by atoms with Crippen LogP contribution >= 0.6 is 12.2 Å². The lowest BCUT2D eigenvalue weighted by molar-refractivity contribution is -0.118. The van der Waals surface area contributed by atoms with E-state index in [0.29, 0.717) is 23.8 Å². The molecule has 0 unspecified atom stereocenters. The number of methoxy groups -OCH3 is 1. The molecule has 28 heavy (non-hydrogen) atoms. The van der Waals surface area contributed by atoms with E-state index in [9.17, 15) is 4.79 Å². The minimum Gasteiger partial charge on any atom is -0.494 e. The van der Waals surface area contributed by atoms with Gasteiger partial charge in [0.15, 0.2) is 23.2 Å². The van der Waals surface area contributed by atoms with Gasteiger partial charge in [0.2, 0.25) is 0 Å². The lowest BCUT2D eigenvalue weighted by atomic mass is 10.2. The summed E-state index contributed by atoms with van der Waals surface area (Å²) in [6, 6.07) is 12.3. The highest BCUT2D eigenvalue weighted by atomic mass is 32.1. The van der Waals surface area contributed by atoms with Crippen molar-refractivity contribution in [2.75, 3.05) is 25.6 Å². The van der Waals surface area contributed by atoms with Crippen LogP contribution in [-0.4, -0.2) is 37.6 Å². The van der Waals surface area contributed by atoms with Gasteiger partial charge in [-0.15, -0.1) is 0 Å². The van der Waals surface area contributed by atoms with Gasteiger partial charge in [-0.25, -0.2) is 0 Å². The molecule has 2 rings (SSSR count). The second-order valence-electron chi connectivity index (χ2n) is 5.44. The molecule has 148 valence electrons. The molecule has 4 N–H and O–H groups in total. The second-order valence-corrected chi connectivity index (χ2v) is 5.88. The van der Waals surface area contributed by atoms with Crippen molar-refractivity contribution in [2.24, 2.45) is 10.8 Å². The van der Waals surface area contributed by atoms with E-state index in [2.05, 4.69) is 28.1 Å². The van der Waals surface area contributed by atoms with E-state index in [1.165, 1.54) is 13.3 Å². The first-order valence-electron chi connectivity index (χ1n) is 8.44. The van der Waals surface area contributed by atoms with Crippen LogP contribution in [0.25, 0.3) is 0 Å². The monoisotopic (exact) mass is 402 g/mol. The topological polar surface area (TPSA) is 107 Å². The highest BCUT2D eigenvalue weighted by Crippen LogP contribution is 2.27. The fourth-order valence-electron chi connectivity index (χ4n) is 2.20. The summed E-state index contributed by atoms with van der Waals surface area (Å²) in [5.41, 5.74) is 9.16. The molecule has 0 aliphatic carbocycles. The minimum absolute atomic E-state index is 0.0710. The molecule has 0 radical (unpaired) electrons. The number of thiocarbonyl (C=S) groups is 1. The third-order valence-corrected chi connectivity index (χ3v) is 3.48. The Hall–Kier alpha value is -3.33. The summed E-state index contributed by atoms with van der Waals surface area (Å²) in [5.74, 6) is 1.35. The van der Waals surface area contributed by atoms with Crippen molar-refractivity contribution in [3.8, 4) is 17.2 Å². The Kier molecular flexibility index (Phi) is 8.04. The normalized spacial score (nSPS) is 10.4. The Labute approximate surface area is 168 Å². The Bertz CT molecular complexity index is 840. The van der Waals surface area contributed by atoms with E-state index in [1.54, 1.807) is 42.5 Å². The molecular formula is C19H22N4O4S. The molecule has 0 heterocycles. The molecule has 2 aromatic rings. The first-order valence-corrected chi connectivity index (χ1v) is 8.84. The Morgan fingerprint density at radius 1 is 1.18 bits per heavy atom. The average Bonchev–Trinajstić information content (AvgIpc) is 2.68. The van der Waals surface area contributed by atoms with Crippen LogP contribution in [0.4, 0.5) is 5.69 Å². The molecule has 0 spiro atoms. The summed E-state index contributed by atoms with van der Waals surface area (Å²) in [4.78, 5) is 12.1. The number of nitrogens with one attached hydrogen (secondary N) is 2. The van der Waals surface area contributed by atoms with Gasteiger partial charge in [0, 0.05) is 5.69 Å². The van der Waals surface area contributed by atoms with Crippen molar-refractivity contribution < 1.29 is 19.0 Å². The number of hydrogen-bond acceptors (Lipinski definition) is 6. The summed E-state index contributed by atoms with van der Waals surface area (Å²) in [6.45, 7) is 2.33. The third kappa shape index (κ3) is 6.76. The number of carbonyl (C=O) groups is 1. The maximum Gasteiger partial charge on any atom is 0.262 e. The molecule has 8 nitrogen and oxygen atoms in total. The van der Waals surface area contributed by atoms with Crippen molar-refractivity contribution in [2.45, 2.75) is 6.92 Å². The van der Waals surface area contributed by atoms with Gasteiger partial charge >= 0.3 is 0 Å². The van der Waals surface area contributed by atoms with Crippen LogP contribution in [0, 0.1) is 0 Å². The maximum atomic E-state index is 12.1. The fourth-order valence-corrected chi connectivity index (χ4v) is 2.25. The lowest BCUT2D eigenvalue weighted by Gasteiger charge is -2.12. The van der Waals surface area contributed by atoms with Crippen LogP contribution in [0.5, 0.6) is 17.2 Å². The Morgan fingerprint density at radius 3 is 2.57 bits per heavy atom. The molecule has 0 aliphatic heterocycles. The predicted molar refractivity (Wildman–Crippen MR) is 112 cm³/mol. The Balaban J connectivity index is 1.92. The number of benzene rings is 2. The van der Waals surface area contributed by atoms with Crippen LogP contribution < -0.4 is 30.7 Å². The molecule has 0 aliphatic rings. The van der Waals surface area contributed by atoms with Crippen LogP contribution in [0.1, 0.15) is 12.5 Å². The third-order valence-electron chi connectivity index (χ3n) is 3.38. The van der Waals surface area contributed by atoms with Crippen molar-refractivity contribution in [3.63, 3.8) is 0 Å². The van der Waals surface area contributed by atoms with Gasteiger partial charge in [0.05, 0.1) is 19.9 Å². The highest BCUT2D eigenvalue weighted by Gasteiger charge is 2.09. The van der Waals surface area contributed by atoms with Crippen molar-refractivity contribution in [3.05, 3.63) is 48.0 Å². The first-order chi connectivity index (χ1) is 13.5. The van der Waals surface area contributed by atoms with E-state index in [0.717, 1.165) is 11.3 Å². The molecule has 1 amide bonds. The van der Waals surface area contributed by atoms with Gasteiger partial charge < -0.3 is 25.3 Å². The van der Waals surface area contributed by atoms with E-state index < -0.39 is 0 Å². The molecule has 0 saturated heterocycles. The van der Waals surface area contributed by atoms with Crippen molar-refractivity contribution >= 4 is 35.1 Å². The smallest absolute Gasteiger partial charge is 0.262 e. The number of nitrogens with zero attached hydrogens (tertiary/aromatic N) is 1. The van der Waals surface area contributed by atoms with Gasteiger partial charge in [-0.05, 0) is 67.2 Å². The van der Waals surface area contributed by atoms with Gasteiger partial charge in [0.1, 0.15) is 5.75 Å². The van der Waals surface area contributed by atoms with E-state index in [4.69, 9.17) is 19.9 Å². The maximum absolute atomic E-state index is 12.1. The molecule has 9 heteroatoms. The van der Waals surface area contributed by atoms with Crippen LogP contribution in [0.15, 0.2) is 47.6 Å². The van der Waals surface area contributed by atoms with E-state index in [-0.39, 0.29) is 17.6 Å². The molecule has 0 fully saturated rings. The van der Waals surface area contributed by atoms with Gasteiger partial charge in [-0.3, -0.25) is 10.2 Å². The predicted octanol–water partition coefficient (Wildman–Crippen LogP) is 2.28. The minimum atomic E-state index is -0.294. The van der Waals surface area contributed by atoms with Gasteiger partial charge in [-0.1, -0.05) is 0 Å². The Morgan fingerprint density at radius 2 is 1.93 bits per heavy atom. The zero-order valence-electron chi connectivity index (χ0n) is 15.6. The SMILES string of the molecule is CCOc1ccc(NC(=O)COc2ccc(C=NNC(N)=S)cc2OC)cc1. The van der Waals surface area contributed by atoms with Crippen molar-refractivity contribution in [1.82, 2.24) is 5.43 Å². The summed E-state index contributed by atoms with van der Waals surface area (Å²) < 4.78 is 16.2. The summed E-state index contributed by atoms with van der Waals surface area (Å²) in [7, 11) is 1.51. The molecular weight excluding hydrogens is 380 g/mol. The number of amides is 1. The fraction of sp³-hybridized carbons (Fsp3) is 0.211. The number of hydrazone groups is 1. The molecule has 0 bridgehead atoms. The van der Waals surface area contributed by atoms with E-state index in [1.807, 2.05) is 6.92 Å². The van der Waals surface area contributed by atoms with Crippen LogP contribution in [0.3, 0.4) is 0 Å². The van der Waals surface area contributed by atoms with E-state index >= 15 is 0 Å². The standard InChI is InChI=1S/C19H22N4O4S/c1-3-26-15-7-5-14(6-8-15)22-18(24)12-27-16-9-4-13(10-17(16)25-2)11-21-23-19(20)28/h4-11H,3,12H2,1-2H3,(H,22,24)(H3,20,23,28). The first kappa shape index (κ1) is 21.0. The van der Waals surface area contributed by atoms with Gasteiger partial charge in [0.25, 0.3) is 5.91 Å². The number of ether oxygens (including phenoxy) is 3. The quantitative estimate of drug-likeness (QED) is 0.335. The summed E-state index contributed by atoms with van der Waals surface area (Å²) in [6.07, 6.45) is 1.53. The van der Waals surface area contributed by atoms with Crippen LogP contribution in [-0.2, 0) is 4.79 Å². The zero-order valence-corrected chi connectivity index (χ0v) is 16.4. The molecule has 0 saturated carbocycles. The number of carbonyl (C=O) groups excluding carboxylic acids is 1. The number of rotatable bonds is 9. The molecule has 0 atom stereocenters. The summed E-state index contributed by atoms with van der Waals surface area (Å²) >= 11 is 4.67. The average molecular weight is 402 g/mol. The van der Waals surface area contributed by atoms with Crippen LogP contribution in [0.2, 0.25) is 0 Å². The highest BCUT2D eigenvalue weighted by molar-refractivity contribution is 7.80. The number of anilines is 1. The van der Waals surface area contributed by atoms with Gasteiger partial charge in [-0.2, -0.15) is 5.10 Å². The number of nitrogens with two attached hydrogens (primary N) is 1. The zero-order chi connectivity index (χ0) is 20.4. The molecule has 0 aromatic heterocycles. The lowest BCUT2D eigenvalue weighted by Crippen LogP contribution is -2.24. The number of hydrogen-bond donors (Lipinski definition) is 3. The largest absolute Gasteiger partial charge is 0.494 e.